The lowest BCUT2D eigenvalue weighted by molar-refractivity contribution is -0.132. The van der Waals surface area contributed by atoms with Crippen molar-refractivity contribution in [2.24, 2.45) is 13.0 Å². The first-order valence-corrected chi connectivity index (χ1v) is 10.4. The lowest BCUT2D eigenvalue weighted by Crippen LogP contribution is -2.50. The number of hydrogen-bond donors (Lipinski definition) is 1. The van der Waals surface area contributed by atoms with Crippen molar-refractivity contribution in [1.82, 2.24) is 24.6 Å². The van der Waals surface area contributed by atoms with Crippen LogP contribution < -0.4 is 5.56 Å². The van der Waals surface area contributed by atoms with E-state index in [1.54, 1.807) is 21.5 Å². The van der Waals surface area contributed by atoms with Gasteiger partial charge in [-0.25, -0.2) is 4.79 Å². The molecule has 164 valence electrons. The highest BCUT2D eigenvalue weighted by Crippen LogP contribution is 2.21. The Labute approximate surface area is 176 Å². The van der Waals surface area contributed by atoms with E-state index in [1.807, 2.05) is 27.7 Å². The highest BCUT2D eigenvalue weighted by atomic mass is 16.6. The standard InChI is InChI=1S/C21H31N5O4/c1-13(2)12-30-21(29)26-10-8-25(9-11-26)17(27)7-6-16-14(3)18-15(4)23-24(5)19(18)22-20(16)28/h13H,6-12H2,1-5H3,(H,22,28). The Hall–Kier alpha value is -2.84. The normalized spacial score (nSPS) is 14.6. The SMILES string of the molecule is Cc1nn(C)c2[nH]c(=O)c(CCC(=O)N3CCN(C(=O)OCC(C)C)CC3)c(C)c12. The smallest absolute Gasteiger partial charge is 0.409 e. The van der Waals surface area contributed by atoms with Gasteiger partial charge >= 0.3 is 6.09 Å². The van der Waals surface area contributed by atoms with Crippen LogP contribution in [0.25, 0.3) is 11.0 Å². The van der Waals surface area contributed by atoms with Crippen LogP contribution in [-0.4, -0.2) is 69.4 Å². The van der Waals surface area contributed by atoms with Gasteiger partial charge in [0, 0.05) is 50.6 Å². The maximum atomic E-state index is 12.7. The molecule has 3 rings (SSSR count). The Morgan fingerprint density at radius 2 is 1.77 bits per heavy atom. The quantitative estimate of drug-likeness (QED) is 0.799. The Kier molecular flexibility index (Phi) is 6.48. The number of H-pyrrole nitrogens is 1. The number of carbonyl (C=O) groups excluding carboxylic acids is 2. The number of nitrogens with one attached hydrogen (secondary N) is 1. The van der Waals surface area contributed by atoms with E-state index >= 15 is 0 Å². The van der Waals surface area contributed by atoms with Crippen molar-refractivity contribution in [1.29, 1.82) is 0 Å². The summed E-state index contributed by atoms with van der Waals surface area (Å²) in [6.07, 6.45) is 0.311. The minimum atomic E-state index is -0.321. The van der Waals surface area contributed by atoms with E-state index in [0.717, 1.165) is 16.6 Å². The Morgan fingerprint density at radius 1 is 1.13 bits per heavy atom. The molecule has 0 unspecified atom stereocenters. The third-order valence-corrected chi connectivity index (χ3v) is 5.58. The molecule has 9 nitrogen and oxygen atoms in total. The number of aromatic amines is 1. The predicted molar refractivity (Wildman–Crippen MR) is 113 cm³/mol. The second kappa shape index (κ2) is 8.89. The molecule has 0 atom stereocenters. The molecule has 2 aromatic rings. The highest BCUT2D eigenvalue weighted by Gasteiger charge is 2.25. The summed E-state index contributed by atoms with van der Waals surface area (Å²) >= 11 is 0. The Balaban J connectivity index is 1.59. The van der Waals surface area contributed by atoms with E-state index in [4.69, 9.17) is 4.74 Å². The average molecular weight is 418 g/mol. The molecule has 0 bridgehead atoms. The van der Waals surface area contributed by atoms with Crippen LogP contribution in [0.15, 0.2) is 4.79 Å². The first-order chi connectivity index (χ1) is 14.2. The zero-order valence-corrected chi connectivity index (χ0v) is 18.4. The molecule has 0 spiro atoms. The van der Waals surface area contributed by atoms with Crippen molar-refractivity contribution >= 4 is 23.0 Å². The second-order valence-electron chi connectivity index (χ2n) is 8.33. The van der Waals surface area contributed by atoms with Gasteiger partial charge in [0.15, 0.2) is 0 Å². The summed E-state index contributed by atoms with van der Waals surface area (Å²) in [4.78, 5) is 43.6. The molecule has 0 aliphatic carbocycles. The summed E-state index contributed by atoms with van der Waals surface area (Å²) in [7, 11) is 1.80. The van der Waals surface area contributed by atoms with Crippen LogP contribution in [0.3, 0.4) is 0 Å². The van der Waals surface area contributed by atoms with E-state index in [0.29, 0.717) is 50.4 Å². The number of nitrogens with zero attached hydrogens (tertiary/aromatic N) is 4. The molecule has 0 saturated carbocycles. The number of ether oxygens (including phenoxy) is 1. The number of hydrogen-bond acceptors (Lipinski definition) is 5. The molecule has 1 N–H and O–H groups in total. The minimum Gasteiger partial charge on any atom is -0.449 e. The number of piperazine rings is 1. The fourth-order valence-electron chi connectivity index (χ4n) is 3.91. The maximum absolute atomic E-state index is 12.7. The van der Waals surface area contributed by atoms with E-state index in [9.17, 15) is 14.4 Å². The number of aromatic nitrogens is 3. The maximum Gasteiger partial charge on any atom is 0.409 e. The minimum absolute atomic E-state index is 0.00740. The lowest BCUT2D eigenvalue weighted by atomic mass is 10.0. The summed E-state index contributed by atoms with van der Waals surface area (Å²) in [5.74, 6) is 0.283. The van der Waals surface area contributed by atoms with Crippen LogP contribution in [0.4, 0.5) is 4.79 Å². The van der Waals surface area contributed by atoms with E-state index in [2.05, 4.69) is 10.1 Å². The highest BCUT2D eigenvalue weighted by molar-refractivity contribution is 5.83. The van der Waals surface area contributed by atoms with Crippen LogP contribution in [-0.2, 0) is 23.0 Å². The molecule has 9 heteroatoms. The van der Waals surface area contributed by atoms with Gasteiger partial charge in [-0.1, -0.05) is 13.8 Å². The lowest BCUT2D eigenvalue weighted by Gasteiger charge is -2.34. The van der Waals surface area contributed by atoms with Crippen molar-refractivity contribution < 1.29 is 14.3 Å². The van der Waals surface area contributed by atoms with Crippen LogP contribution >= 0.6 is 0 Å². The topological polar surface area (TPSA) is 101 Å². The number of fused-ring (bicyclic) bond motifs is 1. The molecule has 0 aromatic carbocycles. The van der Waals surface area contributed by atoms with Gasteiger partial charge in [-0.15, -0.1) is 0 Å². The van der Waals surface area contributed by atoms with Gasteiger partial charge in [0.2, 0.25) is 5.91 Å². The second-order valence-corrected chi connectivity index (χ2v) is 8.33. The fraction of sp³-hybridized carbons (Fsp3) is 0.619. The van der Waals surface area contributed by atoms with Gasteiger partial charge in [-0.05, 0) is 31.7 Å². The van der Waals surface area contributed by atoms with Gasteiger partial charge in [-0.2, -0.15) is 5.10 Å². The Bertz CT molecular complexity index is 999. The first-order valence-electron chi connectivity index (χ1n) is 10.4. The average Bonchev–Trinajstić information content (AvgIpc) is 2.99. The van der Waals surface area contributed by atoms with Crippen molar-refractivity contribution in [3.8, 4) is 0 Å². The number of carbonyl (C=O) groups is 2. The molecule has 2 amide bonds. The molecule has 1 saturated heterocycles. The van der Waals surface area contributed by atoms with Crippen LogP contribution in [0, 0.1) is 19.8 Å². The van der Waals surface area contributed by atoms with Crippen molar-refractivity contribution in [2.75, 3.05) is 32.8 Å². The van der Waals surface area contributed by atoms with Crippen molar-refractivity contribution in [3.63, 3.8) is 0 Å². The molecule has 3 heterocycles. The van der Waals surface area contributed by atoms with E-state index in [-0.39, 0.29) is 29.9 Å². The summed E-state index contributed by atoms with van der Waals surface area (Å²) in [6, 6.07) is 0. The molecular formula is C21H31N5O4. The fourth-order valence-corrected chi connectivity index (χ4v) is 3.91. The number of rotatable bonds is 5. The van der Waals surface area contributed by atoms with Gasteiger partial charge in [0.1, 0.15) is 5.65 Å². The van der Waals surface area contributed by atoms with Crippen molar-refractivity contribution in [3.05, 3.63) is 27.2 Å². The van der Waals surface area contributed by atoms with Crippen molar-refractivity contribution in [2.45, 2.75) is 40.5 Å². The molecule has 1 aliphatic heterocycles. The van der Waals surface area contributed by atoms with Gasteiger partial charge in [0.25, 0.3) is 5.56 Å². The number of aryl methyl sites for hydroxylation is 3. The van der Waals surface area contributed by atoms with Gasteiger partial charge < -0.3 is 19.5 Å². The third kappa shape index (κ3) is 4.49. The third-order valence-electron chi connectivity index (χ3n) is 5.58. The van der Waals surface area contributed by atoms with Crippen LogP contribution in [0.2, 0.25) is 0 Å². The van der Waals surface area contributed by atoms with E-state index < -0.39 is 0 Å². The van der Waals surface area contributed by atoms with Crippen LogP contribution in [0.1, 0.15) is 37.1 Å². The first kappa shape index (κ1) is 21.9. The van der Waals surface area contributed by atoms with Gasteiger partial charge in [0.05, 0.1) is 12.3 Å². The molecule has 0 radical (unpaired) electrons. The van der Waals surface area contributed by atoms with E-state index in [1.165, 1.54) is 0 Å². The predicted octanol–water partition coefficient (Wildman–Crippen LogP) is 1.75. The molecular weight excluding hydrogens is 386 g/mol. The zero-order chi connectivity index (χ0) is 22.0. The molecule has 30 heavy (non-hydrogen) atoms. The largest absolute Gasteiger partial charge is 0.449 e. The summed E-state index contributed by atoms with van der Waals surface area (Å²) in [5, 5.41) is 5.31. The molecule has 1 aliphatic rings. The monoisotopic (exact) mass is 417 g/mol. The summed E-state index contributed by atoms with van der Waals surface area (Å²) in [6.45, 7) is 10.1. The summed E-state index contributed by atoms with van der Waals surface area (Å²) < 4.78 is 6.92. The molecule has 1 fully saturated rings. The molecule has 2 aromatic heterocycles. The summed E-state index contributed by atoms with van der Waals surface area (Å²) in [5.41, 5.74) is 2.89. The zero-order valence-electron chi connectivity index (χ0n) is 18.4. The number of amides is 2. The number of pyridine rings is 1. The Morgan fingerprint density at radius 3 is 2.40 bits per heavy atom. The van der Waals surface area contributed by atoms with Crippen LogP contribution in [0.5, 0.6) is 0 Å². The van der Waals surface area contributed by atoms with Gasteiger partial charge in [-0.3, -0.25) is 14.3 Å².